The zero-order valence-electron chi connectivity index (χ0n) is 12.1. The van der Waals surface area contributed by atoms with Gasteiger partial charge in [-0.05, 0) is 51.2 Å². The van der Waals surface area contributed by atoms with Crippen molar-refractivity contribution >= 4 is 16.8 Å². The van der Waals surface area contributed by atoms with Crippen LogP contribution in [-0.2, 0) is 0 Å². The second-order valence-corrected chi connectivity index (χ2v) is 5.77. The van der Waals surface area contributed by atoms with E-state index < -0.39 is 0 Å². The minimum Gasteiger partial charge on any atom is -0.361 e. The molecule has 2 heterocycles. The summed E-state index contributed by atoms with van der Waals surface area (Å²) in [5.74, 6) is 0.158. The van der Waals surface area contributed by atoms with Crippen LogP contribution in [0.5, 0.6) is 0 Å². The van der Waals surface area contributed by atoms with Gasteiger partial charge in [0, 0.05) is 41.8 Å². The maximum Gasteiger partial charge on any atom is 0.253 e. The molecule has 0 bridgehead atoms. The Hall–Kier alpha value is -1.81. The average molecular weight is 271 g/mol. The van der Waals surface area contributed by atoms with Crippen LogP contribution >= 0.6 is 0 Å². The van der Waals surface area contributed by atoms with Gasteiger partial charge in [0.15, 0.2) is 0 Å². The highest BCUT2D eigenvalue weighted by molar-refractivity contribution is 5.98. The fraction of sp³-hybridized carbons (Fsp3) is 0.438. The molecule has 0 aliphatic carbocycles. The number of likely N-dealkylation sites (tertiary alicyclic amines) is 1. The van der Waals surface area contributed by atoms with Gasteiger partial charge in [-0.3, -0.25) is 4.79 Å². The van der Waals surface area contributed by atoms with Gasteiger partial charge in [-0.1, -0.05) is 0 Å². The molecule has 1 aromatic heterocycles. The quantitative estimate of drug-likeness (QED) is 0.910. The van der Waals surface area contributed by atoms with Crippen molar-refractivity contribution in [1.82, 2.24) is 14.8 Å². The fourth-order valence-electron chi connectivity index (χ4n) is 2.95. The number of nitrogens with one attached hydrogen (secondary N) is 1. The van der Waals surface area contributed by atoms with Crippen molar-refractivity contribution in [3.8, 4) is 0 Å². The number of benzene rings is 1. The Labute approximate surface area is 119 Å². The number of carbonyl (C=O) groups is 1. The second-order valence-electron chi connectivity index (χ2n) is 5.77. The van der Waals surface area contributed by atoms with Crippen molar-refractivity contribution in [1.29, 1.82) is 0 Å². The predicted octanol–water partition coefficient (Wildman–Crippen LogP) is 2.33. The van der Waals surface area contributed by atoms with Crippen LogP contribution in [0.2, 0.25) is 0 Å². The summed E-state index contributed by atoms with van der Waals surface area (Å²) in [6.07, 6.45) is 4.03. The topological polar surface area (TPSA) is 39.3 Å². The molecular weight excluding hydrogens is 250 g/mol. The number of H-pyrrole nitrogens is 1. The normalized spacial score (nSPS) is 17.1. The van der Waals surface area contributed by atoms with E-state index >= 15 is 0 Å². The lowest BCUT2D eigenvalue weighted by molar-refractivity contribution is 0.0663. The molecule has 1 aliphatic rings. The van der Waals surface area contributed by atoms with E-state index in [1.165, 1.54) is 0 Å². The summed E-state index contributed by atoms with van der Waals surface area (Å²) in [6.45, 7) is 1.71. The molecule has 1 aliphatic heterocycles. The molecule has 106 valence electrons. The summed E-state index contributed by atoms with van der Waals surface area (Å²) in [4.78, 5) is 19.9. The Morgan fingerprint density at radius 1 is 1.25 bits per heavy atom. The maximum absolute atomic E-state index is 12.5. The number of aromatic nitrogens is 1. The van der Waals surface area contributed by atoms with Crippen LogP contribution in [0.3, 0.4) is 0 Å². The molecule has 0 atom stereocenters. The fourth-order valence-corrected chi connectivity index (χ4v) is 2.95. The van der Waals surface area contributed by atoms with E-state index in [9.17, 15) is 4.79 Å². The first-order valence-electron chi connectivity index (χ1n) is 7.18. The summed E-state index contributed by atoms with van der Waals surface area (Å²) in [5.41, 5.74) is 1.87. The number of carbonyl (C=O) groups excluding carboxylic acids is 1. The van der Waals surface area contributed by atoms with E-state index in [1.807, 2.05) is 35.4 Å². The number of fused-ring (bicyclic) bond motifs is 1. The highest BCUT2D eigenvalue weighted by Gasteiger charge is 2.24. The van der Waals surface area contributed by atoms with Crippen LogP contribution in [0, 0.1) is 0 Å². The van der Waals surface area contributed by atoms with Crippen molar-refractivity contribution in [2.75, 3.05) is 27.2 Å². The van der Waals surface area contributed by atoms with E-state index in [-0.39, 0.29) is 5.91 Å². The van der Waals surface area contributed by atoms with Gasteiger partial charge in [-0.2, -0.15) is 0 Å². The average Bonchev–Trinajstić information content (AvgIpc) is 2.94. The first kappa shape index (κ1) is 13.2. The third kappa shape index (κ3) is 2.43. The monoisotopic (exact) mass is 271 g/mol. The predicted molar refractivity (Wildman–Crippen MR) is 80.9 cm³/mol. The molecule has 0 saturated carbocycles. The van der Waals surface area contributed by atoms with Gasteiger partial charge in [0.05, 0.1) is 0 Å². The van der Waals surface area contributed by atoms with Gasteiger partial charge < -0.3 is 14.8 Å². The van der Waals surface area contributed by atoms with Gasteiger partial charge >= 0.3 is 0 Å². The molecule has 0 radical (unpaired) electrons. The van der Waals surface area contributed by atoms with E-state index in [4.69, 9.17) is 0 Å². The van der Waals surface area contributed by atoms with Crippen LogP contribution in [-0.4, -0.2) is 53.9 Å². The number of rotatable bonds is 2. The largest absolute Gasteiger partial charge is 0.361 e. The Kier molecular flexibility index (Phi) is 3.49. The summed E-state index contributed by atoms with van der Waals surface area (Å²) >= 11 is 0. The van der Waals surface area contributed by atoms with Crippen molar-refractivity contribution in [3.63, 3.8) is 0 Å². The van der Waals surface area contributed by atoms with Gasteiger partial charge in [0.25, 0.3) is 5.91 Å². The summed E-state index contributed by atoms with van der Waals surface area (Å²) in [6, 6.07) is 8.48. The van der Waals surface area contributed by atoms with Gasteiger partial charge in [-0.15, -0.1) is 0 Å². The Balaban J connectivity index is 1.73. The van der Waals surface area contributed by atoms with Crippen LogP contribution < -0.4 is 0 Å². The minimum absolute atomic E-state index is 0.158. The number of nitrogens with zero attached hydrogens (tertiary/aromatic N) is 2. The van der Waals surface area contributed by atoms with E-state index in [0.29, 0.717) is 6.04 Å². The number of hydrogen-bond donors (Lipinski definition) is 1. The lowest BCUT2D eigenvalue weighted by Gasteiger charge is -2.35. The third-order valence-corrected chi connectivity index (χ3v) is 4.28. The molecule has 1 fully saturated rings. The lowest BCUT2D eigenvalue weighted by atomic mass is 10.0. The summed E-state index contributed by atoms with van der Waals surface area (Å²) in [7, 11) is 4.23. The highest BCUT2D eigenvalue weighted by Crippen LogP contribution is 2.19. The first-order valence-corrected chi connectivity index (χ1v) is 7.18. The zero-order chi connectivity index (χ0) is 14.1. The Bertz CT molecular complexity index is 609. The number of aromatic amines is 1. The standard InChI is InChI=1S/C16H21N3O/c1-18(2)14-6-9-19(10-7-14)16(20)13-3-4-15-12(11-13)5-8-17-15/h3-5,8,11,14,17H,6-7,9-10H2,1-2H3. The molecule has 20 heavy (non-hydrogen) atoms. The minimum atomic E-state index is 0.158. The highest BCUT2D eigenvalue weighted by atomic mass is 16.2. The van der Waals surface area contributed by atoms with E-state index in [0.717, 1.165) is 42.4 Å². The third-order valence-electron chi connectivity index (χ3n) is 4.28. The van der Waals surface area contributed by atoms with Gasteiger partial charge in [0.1, 0.15) is 0 Å². The van der Waals surface area contributed by atoms with Crippen molar-refractivity contribution < 1.29 is 4.79 Å². The smallest absolute Gasteiger partial charge is 0.253 e. The summed E-state index contributed by atoms with van der Waals surface area (Å²) in [5, 5.41) is 1.10. The van der Waals surface area contributed by atoms with E-state index in [1.54, 1.807) is 0 Å². The molecular formula is C16H21N3O. The van der Waals surface area contributed by atoms with Crippen LogP contribution in [0.15, 0.2) is 30.5 Å². The Morgan fingerprint density at radius 3 is 2.70 bits per heavy atom. The van der Waals surface area contributed by atoms with Crippen molar-refractivity contribution in [2.24, 2.45) is 0 Å². The van der Waals surface area contributed by atoms with Crippen molar-refractivity contribution in [2.45, 2.75) is 18.9 Å². The lowest BCUT2D eigenvalue weighted by Crippen LogP contribution is -2.44. The molecule has 1 N–H and O–H groups in total. The molecule has 0 spiro atoms. The van der Waals surface area contributed by atoms with Crippen LogP contribution in [0.25, 0.3) is 10.9 Å². The molecule has 1 aromatic carbocycles. The van der Waals surface area contributed by atoms with Crippen LogP contribution in [0.1, 0.15) is 23.2 Å². The number of piperidine rings is 1. The van der Waals surface area contributed by atoms with Gasteiger partial charge in [0.2, 0.25) is 0 Å². The molecule has 2 aromatic rings. The maximum atomic E-state index is 12.5. The van der Waals surface area contributed by atoms with E-state index in [2.05, 4.69) is 24.0 Å². The van der Waals surface area contributed by atoms with Crippen molar-refractivity contribution in [3.05, 3.63) is 36.0 Å². The molecule has 4 heteroatoms. The SMILES string of the molecule is CN(C)C1CCN(C(=O)c2ccc3[nH]ccc3c2)CC1. The summed E-state index contributed by atoms with van der Waals surface area (Å²) < 4.78 is 0. The molecule has 4 nitrogen and oxygen atoms in total. The number of hydrogen-bond acceptors (Lipinski definition) is 2. The Morgan fingerprint density at radius 2 is 2.00 bits per heavy atom. The van der Waals surface area contributed by atoms with Gasteiger partial charge in [-0.25, -0.2) is 0 Å². The molecule has 1 saturated heterocycles. The second kappa shape index (κ2) is 5.29. The first-order chi connectivity index (χ1) is 9.65. The molecule has 0 unspecified atom stereocenters. The molecule has 3 rings (SSSR count). The molecule has 1 amide bonds. The number of amides is 1. The zero-order valence-corrected chi connectivity index (χ0v) is 12.1. The van der Waals surface area contributed by atoms with Crippen LogP contribution in [0.4, 0.5) is 0 Å².